The van der Waals surface area contributed by atoms with Crippen molar-refractivity contribution in [2.45, 2.75) is 6.18 Å². The number of carbonyl (C=O) groups excluding carboxylic acids is 1. The molecule has 3 nitrogen and oxygen atoms in total. The van der Waals surface area contributed by atoms with Crippen LogP contribution in [-0.4, -0.2) is 18.8 Å². The van der Waals surface area contributed by atoms with Crippen molar-refractivity contribution in [3.8, 4) is 0 Å². The second-order valence-corrected chi connectivity index (χ2v) is 4.33. The summed E-state index contributed by atoms with van der Waals surface area (Å²) in [5.41, 5.74) is 0.619. The molecule has 2 aromatic carbocycles. The lowest BCUT2D eigenvalue weighted by Gasteiger charge is -2.24. The van der Waals surface area contributed by atoms with Gasteiger partial charge in [0, 0.05) is 11.4 Å². The molecule has 0 bridgehead atoms. The molecule has 0 saturated heterocycles. The summed E-state index contributed by atoms with van der Waals surface area (Å²) in [4.78, 5) is 12.8. The van der Waals surface area contributed by atoms with Crippen LogP contribution in [0.15, 0.2) is 60.7 Å². The summed E-state index contributed by atoms with van der Waals surface area (Å²) in [5.74, 6) is 0. The number of alkyl halides is 3. The summed E-state index contributed by atoms with van der Waals surface area (Å²) in [5, 5.41) is 2.45. The van der Waals surface area contributed by atoms with Crippen LogP contribution in [0.25, 0.3) is 0 Å². The van der Waals surface area contributed by atoms with Gasteiger partial charge in [-0.25, -0.2) is 4.79 Å². The first-order valence-corrected chi connectivity index (χ1v) is 6.21. The molecule has 6 heteroatoms. The minimum atomic E-state index is -4.48. The second kappa shape index (κ2) is 6.30. The van der Waals surface area contributed by atoms with Crippen molar-refractivity contribution in [2.24, 2.45) is 0 Å². The van der Waals surface area contributed by atoms with E-state index in [1.165, 1.54) is 12.1 Å². The molecule has 0 fully saturated rings. The lowest BCUT2D eigenvalue weighted by atomic mass is 10.3. The quantitative estimate of drug-likeness (QED) is 0.900. The molecule has 0 unspecified atom stereocenters. The molecule has 0 spiro atoms. The van der Waals surface area contributed by atoms with Gasteiger partial charge in [0.25, 0.3) is 0 Å². The first-order chi connectivity index (χ1) is 9.96. The van der Waals surface area contributed by atoms with Crippen molar-refractivity contribution in [2.75, 3.05) is 16.8 Å². The third-order valence-electron chi connectivity index (χ3n) is 2.68. The van der Waals surface area contributed by atoms with Crippen molar-refractivity contribution >= 4 is 17.4 Å². The van der Waals surface area contributed by atoms with Crippen molar-refractivity contribution < 1.29 is 18.0 Å². The van der Waals surface area contributed by atoms with E-state index in [-0.39, 0.29) is 5.69 Å². The van der Waals surface area contributed by atoms with E-state index in [0.29, 0.717) is 10.6 Å². The predicted octanol–water partition coefficient (Wildman–Crippen LogP) is 4.29. The zero-order chi connectivity index (χ0) is 15.3. The Kier molecular flexibility index (Phi) is 4.47. The minimum Gasteiger partial charge on any atom is -0.308 e. The normalized spacial score (nSPS) is 11.0. The summed E-state index contributed by atoms with van der Waals surface area (Å²) in [6, 6.07) is 15.2. The molecular weight excluding hydrogens is 281 g/mol. The van der Waals surface area contributed by atoms with Crippen LogP contribution in [0.2, 0.25) is 0 Å². The number of amides is 2. The van der Waals surface area contributed by atoms with E-state index in [4.69, 9.17) is 0 Å². The first kappa shape index (κ1) is 14.9. The fourth-order valence-corrected chi connectivity index (χ4v) is 1.78. The largest absolute Gasteiger partial charge is 0.406 e. The van der Waals surface area contributed by atoms with Crippen LogP contribution in [0, 0.1) is 0 Å². The molecule has 110 valence electrons. The maximum atomic E-state index is 12.7. The van der Waals surface area contributed by atoms with Gasteiger partial charge in [0.15, 0.2) is 0 Å². The molecule has 1 N–H and O–H groups in total. The molecular formula is C15H13F3N2O. The van der Waals surface area contributed by atoms with Crippen molar-refractivity contribution in [1.29, 1.82) is 0 Å². The van der Waals surface area contributed by atoms with E-state index in [0.717, 1.165) is 0 Å². The number of rotatable bonds is 3. The lowest BCUT2D eigenvalue weighted by molar-refractivity contribution is -0.118. The fourth-order valence-electron chi connectivity index (χ4n) is 1.78. The number of nitrogens with zero attached hydrogens (tertiary/aromatic N) is 1. The molecule has 0 saturated carbocycles. The zero-order valence-corrected chi connectivity index (χ0v) is 11.0. The Hall–Kier alpha value is -2.50. The molecule has 0 aliphatic heterocycles. The first-order valence-electron chi connectivity index (χ1n) is 6.21. The van der Waals surface area contributed by atoms with E-state index in [9.17, 15) is 18.0 Å². The Morgan fingerprint density at radius 1 is 0.952 bits per heavy atom. The summed E-state index contributed by atoms with van der Waals surface area (Å²) < 4.78 is 38.0. The number of hydrogen-bond acceptors (Lipinski definition) is 1. The number of nitrogens with one attached hydrogen (secondary N) is 1. The van der Waals surface area contributed by atoms with Gasteiger partial charge >= 0.3 is 12.2 Å². The molecule has 0 aromatic heterocycles. The average molecular weight is 294 g/mol. The number of urea groups is 1. The smallest absolute Gasteiger partial charge is 0.308 e. The third kappa shape index (κ3) is 4.52. The van der Waals surface area contributed by atoms with E-state index >= 15 is 0 Å². The number of halogens is 3. The van der Waals surface area contributed by atoms with Crippen LogP contribution >= 0.6 is 0 Å². The van der Waals surface area contributed by atoms with E-state index in [1.807, 2.05) is 0 Å². The number of benzene rings is 2. The Morgan fingerprint density at radius 2 is 1.48 bits per heavy atom. The van der Waals surface area contributed by atoms with Gasteiger partial charge in [0.1, 0.15) is 6.54 Å². The van der Waals surface area contributed by atoms with Crippen LogP contribution in [-0.2, 0) is 0 Å². The molecule has 0 radical (unpaired) electrons. The highest BCUT2D eigenvalue weighted by molar-refractivity contribution is 6.01. The zero-order valence-electron chi connectivity index (χ0n) is 11.0. The van der Waals surface area contributed by atoms with Gasteiger partial charge in [0.05, 0.1) is 0 Å². The third-order valence-corrected chi connectivity index (χ3v) is 2.68. The van der Waals surface area contributed by atoms with Gasteiger partial charge in [-0.3, -0.25) is 4.90 Å². The molecule has 2 amide bonds. The molecule has 2 aromatic rings. The van der Waals surface area contributed by atoms with Crippen LogP contribution in [0.4, 0.5) is 29.3 Å². The van der Waals surface area contributed by atoms with Crippen molar-refractivity contribution in [3.63, 3.8) is 0 Å². The molecule has 2 rings (SSSR count). The molecule has 21 heavy (non-hydrogen) atoms. The Balaban J connectivity index is 2.21. The van der Waals surface area contributed by atoms with Crippen LogP contribution in [0.5, 0.6) is 0 Å². The number of para-hydroxylation sites is 2. The van der Waals surface area contributed by atoms with Crippen LogP contribution < -0.4 is 10.2 Å². The van der Waals surface area contributed by atoms with Crippen LogP contribution in [0.1, 0.15) is 0 Å². The Morgan fingerprint density at radius 3 is 2.00 bits per heavy atom. The maximum absolute atomic E-state index is 12.7. The van der Waals surface area contributed by atoms with Gasteiger partial charge in [-0.1, -0.05) is 36.4 Å². The standard InChI is InChI=1S/C15H13F3N2O/c16-15(17,18)11-20(13-9-5-2-6-10-13)14(21)19-12-7-3-1-4-8-12/h1-10H,11H2,(H,19,21). The van der Waals surface area contributed by atoms with Gasteiger partial charge in [-0.05, 0) is 24.3 Å². The van der Waals surface area contributed by atoms with E-state index in [1.54, 1.807) is 48.5 Å². The monoisotopic (exact) mass is 294 g/mol. The van der Waals surface area contributed by atoms with Crippen LogP contribution in [0.3, 0.4) is 0 Å². The highest BCUT2D eigenvalue weighted by Crippen LogP contribution is 2.23. The summed E-state index contributed by atoms with van der Waals surface area (Å²) >= 11 is 0. The highest BCUT2D eigenvalue weighted by atomic mass is 19.4. The number of anilines is 2. The Bertz CT molecular complexity index is 585. The summed E-state index contributed by atoms with van der Waals surface area (Å²) in [6.07, 6.45) is -4.48. The molecule has 0 atom stereocenters. The molecule has 0 heterocycles. The van der Waals surface area contributed by atoms with E-state index in [2.05, 4.69) is 5.32 Å². The van der Waals surface area contributed by atoms with E-state index < -0.39 is 18.8 Å². The topological polar surface area (TPSA) is 32.3 Å². The molecule has 0 aliphatic carbocycles. The van der Waals surface area contributed by atoms with Crippen molar-refractivity contribution in [1.82, 2.24) is 0 Å². The molecule has 0 aliphatic rings. The fraction of sp³-hybridized carbons (Fsp3) is 0.133. The highest BCUT2D eigenvalue weighted by Gasteiger charge is 2.33. The van der Waals surface area contributed by atoms with Gasteiger partial charge in [-0.15, -0.1) is 0 Å². The number of carbonyl (C=O) groups is 1. The van der Waals surface area contributed by atoms with Gasteiger partial charge in [0.2, 0.25) is 0 Å². The minimum absolute atomic E-state index is 0.184. The van der Waals surface area contributed by atoms with Crippen molar-refractivity contribution in [3.05, 3.63) is 60.7 Å². The average Bonchev–Trinajstić information content (AvgIpc) is 2.46. The predicted molar refractivity (Wildman–Crippen MR) is 75.3 cm³/mol. The second-order valence-electron chi connectivity index (χ2n) is 4.33. The Labute approximate surface area is 120 Å². The SMILES string of the molecule is O=C(Nc1ccccc1)N(CC(F)(F)F)c1ccccc1. The number of hydrogen-bond donors (Lipinski definition) is 1. The van der Waals surface area contributed by atoms with Gasteiger partial charge < -0.3 is 5.32 Å². The summed E-state index contributed by atoms with van der Waals surface area (Å²) in [7, 11) is 0. The lowest BCUT2D eigenvalue weighted by Crippen LogP contribution is -2.41. The maximum Gasteiger partial charge on any atom is 0.406 e. The summed E-state index contributed by atoms with van der Waals surface area (Å²) in [6.45, 7) is -1.35. The van der Waals surface area contributed by atoms with Gasteiger partial charge in [-0.2, -0.15) is 13.2 Å².